The van der Waals surface area contributed by atoms with Crippen molar-refractivity contribution in [2.24, 2.45) is 0 Å². The van der Waals surface area contributed by atoms with Crippen LogP contribution in [0.1, 0.15) is 11.1 Å². The normalized spacial score (nSPS) is 13.7. The Hall–Kier alpha value is -3.04. The van der Waals surface area contributed by atoms with E-state index in [1.54, 1.807) is 36.2 Å². The van der Waals surface area contributed by atoms with E-state index in [1.807, 2.05) is 12.1 Å². The number of para-hydroxylation sites is 1. The maximum absolute atomic E-state index is 12.4. The first-order valence-corrected chi connectivity index (χ1v) is 8.95. The number of nitriles is 1. The lowest BCUT2D eigenvalue weighted by atomic mass is 10.1. The molecule has 0 atom stereocenters. The van der Waals surface area contributed by atoms with Crippen LogP contribution in [0.15, 0.2) is 48.5 Å². The molecule has 3 rings (SSSR count). The standard InChI is InChI=1S/C21H23N3O3/c1-23(21(25)16-27-19-8-6-17(14-22)7-9-19)15-18-4-2-3-5-20(18)24-10-12-26-13-11-24/h2-9H,10-13,15-16H2,1H3. The van der Waals surface area contributed by atoms with Gasteiger partial charge in [-0.25, -0.2) is 0 Å². The summed E-state index contributed by atoms with van der Waals surface area (Å²) in [6.45, 7) is 3.64. The number of nitrogens with zero attached hydrogens (tertiary/aromatic N) is 3. The van der Waals surface area contributed by atoms with Gasteiger partial charge in [0.05, 0.1) is 24.8 Å². The predicted molar refractivity (Wildman–Crippen MR) is 103 cm³/mol. The van der Waals surface area contributed by atoms with Gasteiger partial charge in [-0.15, -0.1) is 0 Å². The largest absolute Gasteiger partial charge is 0.484 e. The molecule has 0 spiro atoms. The van der Waals surface area contributed by atoms with Gasteiger partial charge in [0, 0.05) is 32.4 Å². The molecule has 27 heavy (non-hydrogen) atoms. The summed E-state index contributed by atoms with van der Waals surface area (Å²) in [5.74, 6) is 0.473. The second-order valence-electron chi connectivity index (χ2n) is 6.40. The van der Waals surface area contributed by atoms with Crippen LogP contribution >= 0.6 is 0 Å². The summed E-state index contributed by atoms with van der Waals surface area (Å²) >= 11 is 0. The number of ether oxygens (including phenoxy) is 2. The zero-order valence-corrected chi connectivity index (χ0v) is 15.4. The minimum Gasteiger partial charge on any atom is -0.484 e. The maximum Gasteiger partial charge on any atom is 0.260 e. The van der Waals surface area contributed by atoms with Gasteiger partial charge in [-0.3, -0.25) is 4.79 Å². The van der Waals surface area contributed by atoms with E-state index in [9.17, 15) is 4.79 Å². The van der Waals surface area contributed by atoms with Crippen molar-refractivity contribution in [3.8, 4) is 11.8 Å². The topological polar surface area (TPSA) is 65.8 Å². The lowest BCUT2D eigenvalue weighted by molar-refractivity contribution is -0.132. The fraction of sp³-hybridized carbons (Fsp3) is 0.333. The van der Waals surface area contributed by atoms with Gasteiger partial charge in [-0.2, -0.15) is 5.26 Å². The zero-order valence-electron chi connectivity index (χ0n) is 15.4. The molecule has 0 unspecified atom stereocenters. The Morgan fingerprint density at radius 3 is 2.59 bits per heavy atom. The first-order valence-electron chi connectivity index (χ1n) is 8.95. The summed E-state index contributed by atoms with van der Waals surface area (Å²) in [6.07, 6.45) is 0. The molecule has 2 aromatic rings. The number of amides is 1. The van der Waals surface area contributed by atoms with Crippen LogP contribution < -0.4 is 9.64 Å². The molecule has 0 radical (unpaired) electrons. The van der Waals surface area contributed by atoms with Crippen molar-refractivity contribution in [1.29, 1.82) is 5.26 Å². The fourth-order valence-electron chi connectivity index (χ4n) is 2.98. The van der Waals surface area contributed by atoms with Crippen molar-refractivity contribution in [2.75, 3.05) is 44.9 Å². The number of likely N-dealkylation sites (N-methyl/N-ethyl adjacent to an activating group) is 1. The summed E-state index contributed by atoms with van der Waals surface area (Å²) in [6, 6.07) is 16.9. The number of morpholine rings is 1. The highest BCUT2D eigenvalue weighted by Crippen LogP contribution is 2.22. The molecule has 1 amide bonds. The van der Waals surface area contributed by atoms with Crippen LogP contribution in [-0.4, -0.2) is 50.8 Å². The maximum atomic E-state index is 12.4. The highest BCUT2D eigenvalue weighted by molar-refractivity contribution is 5.77. The van der Waals surface area contributed by atoms with Gasteiger partial charge in [-0.05, 0) is 35.9 Å². The summed E-state index contributed by atoms with van der Waals surface area (Å²) < 4.78 is 11.0. The molecule has 2 aromatic carbocycles. The van der Waals surface area contributed by atoms with E-state index in [0.29, 0.717) is 17.9 Å². The predicted octanol–water partition coefficient (Wildman–Crippen LogP) is 2.43. The van der Waals surface area contributed by atoms with Crippen LogP contribution in [-0.2, 0) is 16.1 Å². The molecular formula is C21H23N3O3. The van der Waals surface area contributed by atoms with E-state index in [0.717, 1.165) is 37.6 Å². The number of hydrogen-bond acceptors (Lipinski definition) is 5. The summed E-state index contributed by atoms with van der Waals surface area (Å²) in [5, 5.41) is 8.81. The minimum atomic E-state index is -0.101. The molecule has 140 valence electrons. The molecule has 1 fully saturated rings. The number of carbonyl (C=O) groups excluding carboxylic acids is 1. The van der Waals surface area contributed by atoms with Gasteiger partial charge in [0.1, 0.15) is 5.75 Å². The molecule has 1 saturated heterocycles. The fourth-order valence-corrected chi connectivity index (χ4v) is 2.98. The van der Waals surface area contributed by atoms with Crippen LogP contribution in [0.5, 0.6) is 5.75 Å². The van der Waals surface area contributed by atoms with Gasteiger partial charge in [0.2, 0.25) is 0 Å². The van der Waals surface area contributed by atoms with Gasteiger partial charge < -0.3 is 19.3 Å². The van der Waals surface area contributed by atoms with Gasteiger partial charge in [0.25, 0.3) is 5.91 Å². The molecule has 6 nitrogen and oxygen atoms in total. The Morgan fingerprint density at radius 1 is 1.19 bits per heavy atom. The van der Waals surface area contributed by atoms with E-state index < -0.39 is 0 Å². The monoisotopic (exact) mass is 365 g/mol. The number of benzene rings is 2. The molecule has 0 bridgehead atoms. The molecule has 0 aromatic heterocycles. The molecule has 1 aliphatic rings. The van der Waals surface area contributed by atoms with E-state index in [-0.39, 0.29) is 12.5 Å². The molecule has 0 N–H and O–H groups in total. The van der Waals surface area contributed by atoms with Gasteiger partial charge in [-0.1, -0.05) is 18.2 Å². The summed E-state index contributed by atoms with van der Waals surface area (Å²) in [5.41, 5.74) is 2.81. The highest BCUT2D eigenvalue weighted by atomic mass is 16.5. The third-order valence-electron chi connectivity index (χ3n) is 4.52. The van der Waals surface area contributed by atoms with E-state index in [4.69, 9.17) is 14.7 Å². The average Bonchev–Trinajstić information content (AvgIpc) is 2.73. The summed E-state index contributed by atoms with van der Waals surface area (Å²) in [7, 11) is 1.78. The van der Waals surface area contributed by atoms with Crippen molar-refractivity contribution in [3.63, 3.8) is 0 Å². The Kier molecular flexibility index (Phi) is 6.29. The van der Waals surface area contributed by atoms with Gasteiger partial charge in [0.15, 0.2) is 6.61 Å². The van der Waals surface area contributed by atoms with E-state index >= 15 is 0 Å². The first kappa shape index (κ1) is 18.7. The Morgan fingerprint density at radius 2 is 1.89 bits per heavy atom. The van der Waals surface area contributed by atoms with Crippen molar-refractivity contribution in [1.82, 2.24) is 4.90 Å². The lowest BCUT2D eigenvalue weighted by Gasteiger charge is -2.31. The number of hydrogen-bond donors (Lipinski definition) is 0. The van der Waals surface area contributed by atoms with Crippen LogP contribution in [0, 0.1) is 11.3 Å². The van der Waals surface area contributed by atoms with Crippen molar-refractivity contribution < 1.29 is 14.3 Å². The van der Waals surface area contributed by atoms with Crippen LogP contribution in [0.3, 0.4) is 0 Å². The first-order chi connectivity index (χ1) is 13.2. The SMILES string of the molecule is CN(Cc1ccccc1N1CCOCC1)C(=O)COc1ccc(C#N)cc1. The Balaban J connectivity index is 1.58. The highest BCUT2D eigenvalue weighted by Gasteiger charge is 2.17. The third kappa shape index (κ3) is 4.99. The second kappa shape index (κ2) is 9.06. The summed E-state index contributed by atoms with van der Waals surface area (Å²) in [4.78, 5) is 16.4. The third-order valence-corrected chi connectivity index (χ3v) is 4.52. The van der Waals surface area contributed by atoms with Crippen molar-refractivity contribution >= 4 is 11.6 Å². The molecule has 6 heteroatoms. The Labute approximate surface area is 159 Å². The number of anilines is 1. The van der Waals surface area contributed by atoms with Crippen molar-refractivity contribution in [3.05, 3.63) is 59.7 Å². The van der Waals surface area contributed by atoms with Crippen LogP contribution in [0.4, 0.5) is 5.69 Å². The zero-order chi connectivity index (χ0) is 19.1. The average molecular weight is 365 g/mol. The Bertz CT molecular complexity index is 808. The number of rotatable bonds is 6. The molecule has 0 aliphatic carbocycles. The molecule has 1 heterocycles. The van der Waals surface area contributed by atoms with Crippen LogP contribution in [0.2, 0.25) is 0 Å². The van der Waals surface area contributed by atoms with Crippen molar-refractivity contribution in [2.45, 2.75) is 6.54 Å². The molecule has 0 saturated carbocycles. The molecular weight excluding hydrogens is 342 g/mol. The number of carbonyl (C=O) groups is 1. The van der Waals surface area contributed by atoms with E-state index in [1.165, 1.54) is 0 Å². The van der Waals surface area contributed by atoms with Crippen LogP contribution in [0.25, 0.3) is 0 Å². The molecule has 1 aliphatic heterocycles. The second-order valence-corrected chi connectivity index (χ2v) is 6.40. The quantitative estimate of drug-likeness (QED) is 0.787. The smallest absolute Gasteiger partial charge is 0.260 e. The minimum absolute atomic E-state index is 0.0396. The van der Waals surface area contributed by atoms with Gasteiger partial charge >= 0.3 is 0 Å². The lowest BCUT2D eigenvalue weighted by Crippen LogP contribution is -2.37. The van der Waals surface area contributed by atoms with E-state index in [2.05, 4.69) is 23.1 Å².